The number of furan rings is 1. The lowest BCUT2D eigenvalue weighted by atomic mass is 10.2. The third-order valence-electron chi connectivity index (χ3n) is 2.48. The second-order valence-electron chi connectivity index (χ2n) is 3.92. The van der Waals surface area contributed by atoms with Gasteiger partial charge in [0.25, 0.3) is 0 Å². The number of rotatable bonds is 6. The molecule has 1 rings (SSSR count). The number of aryl methyl sites for hydroxylation is 1. The summed E-state index contributed by atoms with van der Waals surface area (Å²) in [6.07, 6.45) is 2.61. The Kier molecular flexibility index (Phi) is 5.05. The number of carbonyl (C=O) groups is 1. The Morgan fingerprint density at radius 1 is 1.56 bits per heavy atom. The van der Waals surface area contributed by atoms with Crippen LogP contribution in [0.2, 0.25) is 0 Å². The lowest BCUT2D eigenvalue weighted by molar-refractivity contribution is -0.122. The van der Waals surface area contributed by atoms with E-state index in [2.05, 4.69) is 10.6 Å². The van der Waals surface area contributed by atoms with E-state index in [1.165, 1.54) is 0 Å². The highest BCUT2D eigenvalue weighted by Crippen LogP contribution is 2.08. The van der Waals surface area contributed by atoms with Gasteiger partial charge < -0.3 is 9.73 Å². The summed E-state index contributed by atoms with van der Waals surface area (Å²) in [5.74, 6) is 0.918. The molecule has 0 bridgehead atoms. The smallest absolute Gasteiger partial charge is 0.236 e. The van der Waals surface area contributed by atoms with Crippen LogP contribution in [-0.2, 0) is 11.3 Å². The van der Waals surface area contributed by atoms with Crippen molar-refractivity contribution in [3.8, 4) is 0 Å². The number of hydrogen-bond acceptors (Lipinski definition) is 3. The summed E-state index contributed by atoms with van der Waals surface area (Å²) >= 11 is 0. The molecule has 1 atom stereocenters. The molecule has 0 aliphatic heterocycles. The maximum atomic E-state index is 11.5. The lowest BCUT2D eigenvalue weighted by Gasteiger charge is -2.12. The number of carbonyl (C=O) groups excluding carboxylic acids is 1. The van der Waals surface area contributed by atoms with Crippen LogP contribution in [-0.4, -0.2) is 18.5 Å². The van der Waals surface area contributed by atoms with Crippen molar-refractivity contribution in [2.45, 2.75) is 39.8 Å². The zero-order chi connectivity index (χ0) is 12.0. The van der Waals surface area contributed by atoms with Crippen molar-refractivity contribution in [3.05, 3.63) is 23.7 Å². The van der Waals surface area contributed by atoms with Gasteiger partial charge in [-0.2, -0.15) is 0 Å². The van der Waals surface area contributed by atoms with Crippen LogP contribution in [0, 0.1) is 6.92 Å². The fourth-order valence-electron chi connectivity index (χ4n) is 1.32. The molecule has 0 radical (unpaired) electrons. The minimum Gasteiger partial charge on any atom is -0.468 e. The first kappa shape index (κ1) is 12.8. The van der Waals surface area contributed by atoms with E-state index < -0.39 is 0 Å². The Balaban J connectivity index is 2.32. The predicted molar refractivity (Wildman–Crippen MR) is 63.0 cm³/mol. The van der Waals surface area contributed by atoms with Crippen LogP contribution in [0.4, 0.5) is 0 Å². The van der Waals surface area contributed by atoms with Crippen molar-refractivity contribution in [2.24, 2.45) is 0 Å². The second kappa shape index (κ2) is 6.33. The highest BCUT2D eigenvalue weighted by atomic mass is 16.3. The standard InChI is InChI=1S/C12H20N2O2/c1-4-6-13-12(15)10(3)14-8-11-9(2)5-7-16-11/h5,7,10,14H,4,6,8H2,1-3H3,(H,13,15). The first-order chi connectivity index (χ1) is 7.65. The van der Waals surface area contributed by atoms with E-state index in [0.717, 1.165) is 24.3 Å². The van der Waals surface area contributed by atoms with Crippen molar-refractivity contribution < 1.29 is 9.21 Å². The van der Waals surface area contributed by atoms with Crippen molar-refractivity contribution >= 4 is 5.91 Å². The summed E-state index contributed by atoms with van der Waals surface area (Å²) in [6.45, 7) is 7.18. The molecule has 0 aromatic carbocycles. The summed E-state index contributed by atoms with van der Waals surface area (Å²) in [7, 11) is 0. The largest absolute Gasteiger partial charge is 0.468 e. The van der Waals surface area contributed by atoms with Crippen LogP contribution in [0.25, 0.3) is 0 Å². The van der Waals surface area contributed by atoms with E-state index >= 15 is 0 Å². The van der Waals surface area contributed by atoms with E-state index in [1.54, 1.807) is 6.26 Å². The molecule has 4 heteroatoms. The molecular formula is C12H20N2O2. The van der Waals surface area contributed by atoms with Crippen molar-refractivity contribution in [1.29, 1.82) is 0 Å². The highest BCUT2D eigenvalue weighted by molar-refractivity contribution is 5.81. The number of nitrogens with one attached hydrogen (secondary N) is 2. The summed E-state index contributed by atoms with van der Waals surface area (Å²) in [5, 5.41) is 5.97. The van der Waals surface area contributed by atoms with Gasteiger partial charge >= 0.3 is 0 Å². The molecule has 0 aliphatic carbocycles. The summed E-state index contributed by atoms with van der Waals surface area (Å²) in [5.41, 5.74) is 1.11. The monoisotopic (exact) mass is 224 g/mol. The molecule has 0 fully saturated rings. The predicted octanol–water partition coefficient (Wildman–Crippen LogP) is 1.59. The van der Waals surface area contributed by atoms with Gasteiger partial charge in [-0.3, -0.25) is 10.1 Å². The Labute approximate surface area is 96.4 Å². The first-order valence-corrected chi connectivity index (χ1v) is 5.69. The van der Waals surface area contributed by atoms with E-state index in [1.807, 2.05) is 26.8 Å². The molecule has 0 saturated carbocycles. The fourth-order valence-corrected chi connectivity index (χ4v) is 1.32. The molecule has 1 aromatic rings. The van der Waals surface area contributed by atoms with Gasteiger partial charge in [0.15, 0.2) is 0 Å². The Bertz CT molecular complexity index is 334. The minimum atomic E-state index is -0.198. The van der Waals surface area contributed by atoms with Gasteiger partial charge in [0.2, 0.25) is 5.91 Å². The molecular weight excluding hydrogens is 204 g/mol. The van der Waals surface area contributed by atoms with Gasteiger partial charge in [-0.05, 0) is 31.9 Å². The van der Waals surface area contributed by atoms with Crippen LogP contribution in [0.15, 0.2) is 16.7 Å². The van der Waals surface area contributed by atoms with E-state index in [4.69, 9.17) is 4.42 Å². The van der Waals surface area contributed by atoms with Gasteiger partial charge in [0, 0.05) is 6.54 Å². The van der Waals surface area contributed by atoms with E-state index in [9.17, 15) is 4.79 Å². The summed E-state index contributed by atoms with van der Waals surface area (Å²) < 4.78 is 5.28. The SMILES string of the molecule is CCCNC(=O)C(C)NCc1occc1C. The summed E-state index contributed by atoms with van der Waals surface area (Å²) in [4.78, 5) is 11.5. The molecule has 1 amide bonds. The first-order valence-electron chi connectivity index (χ1n) is 5.69. The summed E-state index contributed by atoms with van der Waals surface area (Å²) in [6, 6.07) is 1.72. The molecule has 0 saturated heterocycles. The van der Waals surface area contributed by atoms with E-state index in [-0.39, 0.29) is 11.9 Å². The van der Waals surface area contributed by atoms with Crippen molar-refractivity contribution in [3.63, 3.8) is 0 Å². The van der Waals surface area contributed by atoms with Gasteiger partial charge in [-0.25, -0.2) is 0 Å². The fraction of sp³-hybridized carbons (Fsp3) is 0.583. The molecule has 0 aliphatic rings. The highest BCUT2D eigenvalue weighted by Gasteiger charge is 2.12. The second-order valence-corrected chi connectivity index (χ2v) is 3.92. The maximum Gasteiger partial charge on any atom is 0.236 e. The molecule has 16 heavy (non-hydrogen) atoms. The molecule has 2 N–H and O–H groups in total. The van der Waals surface area contributed by atoms with Crippen LogP contribution in [0.1, 0.15) is 31.6 Å². The Morgan fingerprint density at radius 3 is 2.88 bits per heavy atom. The van der Waals surface area contributed by atoms with Gasteiger partial charge in [-0.1, -0.05) is 6.92 Å². The molecule has 0 spiro atoms. The maximum absolute atomic E-state index is 11.5. The van der Waals surface area contributed by atoms with Crippen LogP contribution < -0.4 is 10.6 Å². The van der Waals surface area contributed by atoms with Crippen molar-refractivity contribution in [2.75, 3.05) is 6.54 Å². The number of hydrogen-bond donors (Lipinski definition) is 2. The van der Waals surface area contributed by atoms with Gasteiger partial charge in [0.1, 0.15) is 5.76 Å². The molecule has 1 aromatic heterocycles. The topological polar surface area (TPSA) is 54.3 Å². The third kappa shape index (κ3) is 3.70. The zero-order valence-electron chi connectivity index (χ0n) is 10.2. The molecule has 1 heterocycles. The average Bonchev–Trinajstić information content (AvgIpc) is 2.68. The van der Waals surface area contributed by atoms with Crippen LogP contribution >= 0.6 is 0 Å². The number of amides is 1. The van der Waals surface area contributed by atoms with Crippen LogP contribution in [0.5, 0.6) is 0 Å². The van der Waals surface area contributed by atoms with Crippen LogP contribution in [0.3, 0.4) is 0 Å². The molecule has 90 valence electrons. The lowest BCUT2D eigenvalue weighted by Crippen LogP contribution is -2.42. The average molecular weight is 224 g/mol. The zero-order valence-corrected chi connectivity index (χ0v) is 10.2. The Morgan fingerprint density at radius 2 is 2.31 bits per heavy atom. The van der Waals surface area contributed by atoms with Crippen molar-refractivity contribution in [1.82, 2.24) is 10.6 Å². The van der Waals surface area contributed by atoms with E-state index in [0.29, 0.717) is 6.54 Å². The molecule has 4 nitrogen and oxygen atoms in total. The van der Waals surface area contributed by atoms with Gasteiger partial charge in [-0.15, -0.1) is 0 Å². The normalized spacial score (nSPS) is 12.4. The Hall–Kier alpha value is -1.29. The quantitative estimate of drug-likeness (QED) is 0.771. The molecule has 1 unspecified atom stereocenters. The van der Waals surface area contributed by atoms with Gasteiger partial charge in [0.05, 0.1) is 18.8 Å². The minimum absolute atomic E-state index is 0.0334. The third-order valence-corrected chi connectivity index (χ3v) is 2.48.